The lowest BCUT2D eigenvalue weighted by molar-refractivity contribution is -0.115. The number of aliphatic hydroxyl groups excluding tert-OH is 1. The molecule has 0 saturated carbocycles. The molecule has 0 aromatic heterocycles. The van der Waals surface area contributed by atoms with Gasteiger partial charge >= 0.3 is 0 Å². The summed E-state index contributed by atoms with van der Waals surface area (Å²) in [5.41, 5.74) is 0. The summed E-state index contributed by atoms with van der Waals surface area (Å²) in [5, 5.41) is 13.4. The van der Waals surface area contributed by atoms with Gasteiger partial charge in [-0.05, 0) is 12.8 Å². The first kappa shape index (κ1) is 10.9. The molecular weight excluding hydrogens is 140 g/mol. The Hall–Kier alpha value is -0.120. The molecule has 1 unspecified atom stereocenters. The van der Waals surface area contributed by atoms with E-state index in [4.69, 9.17) is 0 Å². The number of hydrogen-bond acceptors (Lipinski definition) is 3. The summed E-state index contributed by atoms with van der Waals surface area (Å²) in [6.07, 6.45) is 1.51. The van der Waals surface area contributed by atoms with Crippen LogP contribution in [0, 0.1) is 0 Å². The van der Waals surface area contributed by atoms with Gasteiger partial charge in [0.25, 0.3) is 0 Å². The standard InChI is InChI=1S/C8H20N2O/c1-5-7-10(9(3)4)8(11)6-2/h8,11H,5-7H2,1-4H3. The highest BCUT2D eigenvalue weighted by Gasteiger charge is 2.13. The Labute approximate surface area is 69.6 Å². The molecule has 0 aliphatic rings. The second-order valence-electron chi connectivity index (χ2n) is 2.90. The number of aliphatic hydroxyl groups is 1. The predicted molar refractivity (Wildman–Crippen MR) is 47.0 cm³/mol. The van der Waals surface area contributed by atoms with E-state index < -0.39 is 0 Å². The van der Waals surface area contributed by atoms with Crippen LogP contribution in [0.3, 0.4) is 0 Å². The average Bonchev–Trinajstić information content (AvgIpc) is 1.98. The van der Waals surface area contributed by atoms with E-state index in [0.717, 1.165) is 19.4 Å². The third-order valence-corrected chi connectivity index (χ3v) is 1.68. The van der Waals surface area contributed by atoms with Crippen LogP contribution in [0.5, 0.6) is 0 Å². The van der Waals surface area contributed by atoms with Crippen LogP contribution in [-0.2, 0) is 0 Å². The third-order valence-electron chi connectivity index (χ3n) is 1.68. The van der Waals surface area contributed by atoms with Gasteiger partial charge in [-0.15, -0.1) is 0 Å². The Morgan fingerprint density at radius 3 is 2.09 bits per heavy atom. The molecule has 0 radical (unpaired) electrons. The van der Waals surface area contributed by atoms with Gasteiger partial charge in [-0.1, -0.05) is 13.8 Å². The fourth-order valence-electron chi connectivity index (χ4n) is 1.06. The molecule has 0 aromatic rings. The summed E-state index contributed by atoms with van der Waals surface area (Å²) in [5.74, 6) is 0. The maximum Gasteiger partial charge on any atom is 0.119 e. The van der Waals surface area contributed by atoms with Crippen LogP contribution < -0.4 is 0 Å². The smallest absolute Gasteiger partial charge is 0.119 e. The molecule has 0 aliphatic heterocycles. The highest BCUT2D eigenvalue weighted by atomic mass is 16.3. The number of hydrogen-bond donors (Lipinski definition) is 1. The molecule has 0 aromatic carbocycles. The Kier molecular flexibility index (Phi) is 5.46. The molecule has 0 saturated heterocycles. The molecule has 0 heterocycles. The van der Waals surface area contributed by atoms with E-state index in [1.165, 1.54) is 0 Å². The van der Waals surface area contributed by atoms with Crippen molar-refractivity contribution >= 4 is 0 Å². The quantitative estimate of drug-likeness (QED) is 0.478. The van der Waals surface area contributed by atoms with E-state index in [1.54, 1.807) is 0 Å². The van der Waals surface area contributed by atoms with Crippen molar-refractivity contribution in [3.05, 3.63) is 0 Å². The largest absolute Gasteiger partial charge is 0.377 e. The summed E-state index contributed by atoms with van der Waals surface area (Å²) in [6, 6.07) is 0. The van der Waals surface area contributed by atoms with Crippen LogP contribution in [0.4, 0.5) is 0 Å². The topological polar surface area (TPSA) is 26.7 Å². The monoisotopic (exact) mass is 160 g/mol. The lowest BCUT2D eigenvalue weighted by Crippen LogP contribution is -2.44. The average molecular weight is 160 g/mol. The zero-order valence-electron chi connectivity index (χ0n) is 8.04. The van der Waals surface area contributed by atoms with Crippen LogP contribution in [0.25, 0.3) is 0 Å². The molecule has 68 valence electrons. The van der Waals surface area contributed by atoms with Crippen molar-refractivity contribution in [2.45, 2.75) is 32.9 Å². The van der Waals surface area contributed by atoms with Gasteiger partial charge in [-0.25, -0.2) is 10.0 Å². The van der Waals surface area contributed by atoms with Gasteiger partial charge in [0.05, 0.1) is 0 Å². The van der Waals surface area contributed by atoms with Crippen molar-refractivity contribution < 1.29 is 5.11 Å². The molecule has 0 amide bonds. The van der Waals surface area contributed by atoms with Gasteiger partial charge < -0.3 is 5.11 Å². The Morgan fingerprint density at radius 1 is 1.27 bits per heavy atom. The minimum Gasteiger partial charge on any atom is -0.377 e. The van der Waals surface area contributed by atoms with E-state index in [9.17, 15) is 5.11 Å². The zero-order chi connectivity index (χ0) is 8.85. The molecule has 0 bridgehead atoms. The van der Waals surface area contributed by atoms with Gasteiger partial charge in [0.2, 0.25) is 0 Å². The first-order valence-electron chi connectivity index (χ1n) is 4.25. The Bertz CT molecular complexity index is 96.1. The van der Waals surface area contributed by atoms with Gasteiger partial charge in [0.1, 0.15) is 6.23 Å². The lowest BCUT2D eigenvalue weighted by atomic mass is 10.4. The summed E-state index contributed by atoms with van der Waals surface area (Å²) in [7, 11) is 3.91. The second-order valence-corrected chi connectivity index (χ2v) is 2.90. The maximum atomic E-state index is 9.50. The van der Waals surface area contributed by atoms with E-state index in [-0.39, 0.29) is 6.23 Å². The van der Waals surface area contributed by atoms with Crippen LogP contribution in [0.15, 0.2) is 0 Å². The summed E-state index contributed by atoms with van der Waals surface area (Å²) >= 11 is 0. The normalized spacial score (nSPS) is 14.5. The molecular formula is C8H20N2O. The van der Waals surface area contributed by atoms with Crippen molar-refractivity contribution in [2.75, 3.05) is 20.6 Å². The van der Waals surface area contributed by atoms with Crippen LogP contribution in [-0.4, -0.2) is 42.0 Å². The van der Waals surface area contributed by atoms with E-state index >= 15 is 0 Å². The lowest BCUT2D eigenvalue weighted by Gasteiger charge is -2.32. The third kappa shape index (κ3) is 3.70. The number of nitrogens with zero attached hydrogens (tertiary/aromatic N) is 2. The molecule has 1 N–H and O–H groups in total. The summed E-state index contributed by atoms with van der Waals surface area (Å²) < 4.78 is 0. The van der Waals surface area contributed by atoms with Gasteiger partial charge in [0, 0.05) is 20.6 Å². The predicted octanol–water partition coefficient (Wildman–Crippen LogP) is 0.903. The minimum atomic E-state index is -0.329. The highest BCUT2D eigenvalue weighted by Crippen LogP contribution is 2.02. The molecule has 3 heteroatoms. The van der Waals surface area contributed by atoms with Gasteiger partial charge in [-0.3, -0.25) is 0 Å². The van der Waals surface area contributed by atoms with Crippen LogP contribution in [0.2, 0.25) is 0 Å². The first-order valence-corrected chi connectivity index (χ1v) is 4.25. The van der Waals surface area contributed by atoms with E-state index in [0.29, 0.717) is 0 Å². The number of rotatable bonds is 5. The van der Waals surface area contributed by atoms with Crippen molar-refractivity contribution in [3.8, 4) is 0 Å². The first-order chi connectivity index (χ1) is 5.13. The molecule has 1 atom stereocenters. The van der Waals surface area contributed by atoms with E-state index in [2.05, 4.69) is 6.92 Å². The maximum absolute atomic E-state index is 9.50. The molecule has 11 heavy (non-hydrogen) atoms. The molecule has 3 nitrogen and oxygen atoms in total. The second kappa shape index (κ2) is 5.52. The van der Waals surface area contributed by atoms with Crippen molar-refractivity contribution in [3.63, 3.8) is 0 Å². The molecule has 0 aliphatic carbocycles. The zero-order valence-corrected chi connectivity index (χ0v) is 8.04. The Morgan fingerprint density at radius 2 is 1.82 bits per heavy atom. The fraction of sp³-hybridized carbons (Fsp3) is 1.00. The van der Waals surface area contributed by atoms with Crippen LogP contribution >= 0.6 is 0 Å². The molecule has 0 spiro atoms. The van der Waals surface area contributed by atoms with Crippen molar-refractivity contribution in [1.82, 2.24) is 10.0 Å². The molecule has 0 fully saturated rings. The SMILES string of the molecule is CCCN(C(O)CC)N(C)C. The van der Waals surface area contributed by atoms with Gasteiger partial charge in [0.15, 0.2) is 0 Å². The van der Waals surface area contributed by atoms with Crippen molar-refractivity contribution in [1.29, 1.82) is 0 Å². The summed E-state index contributed by atoms with van der Waals surface area (Å²) in [4.78, 5) is 0. The van der Waals surface area contributed by atoms with E-state index in [1.807, 2.05) is 31.0 Å². The fourth-order valence-corrected chi connectivity index (χ4v) is 1.06. The van der Waals surface area contributed by atoms with Crippen LogP contribution in [0.1, 0.15) is 26.7 Å². The minimum absolute atomic E-state index is 0.329. The molecule has 0 rings (SSSR count). The number of hydrazine groups is 1. The van der Waals surface area contributed by atoms with Gasteiger partial charge in [-0.2, -0.15) is 0 Å². The highest BCUT2D eigenvalue weighted by molar-refractivity contribution is 4.53. The summed E-state index contributed by atoms with van der Waals surface area (Å²) in [6.45, 7) is 5.01. The van der Waals surface area contributed by atoms with Crippen molar-refractivity contribution in [2.24, 2.45) is 0 Å². The Balaban J connectivity index is 3.87.